The normalized spacial score (nSPS) is 15.2. The lowest BCUT2D eigenvalue weighted by molar-refractivity contribution is -0.137. The molecule has 184 valence electrons. The van der Waals surface area contributed by atoms with Crippen molar-refractivity contribution in [2.24, 2.45) is 11.4 Å². The van der Waals surface area contributed by atoms with Crippen molar-refractivity contribution in [1.29, 1.82) is 0 Å². The zero-order valence-corrected chi connectivity index (χ0v) is 21.0. The summed E-state index contributed by atoms with van der Waals surface area (Å²) in [7, 11) is 0.626. The van der Waals surface area contributed by atoms with E-state index < -0.39 is 21.5 Å². The molecular formula is C23H28ClN3O6S. The van der Waals surface area contributed by atoms with Crippen LogP contribution in [0.15, 0.2) is 34.8 Å². The second-order valence-corrected chi connectivity index (χ2v) is 10.5. The molecule has 0 spiro atoms. The zero-order valence-electron chi connectivity index (χ0n) is 19.4. The predicted molar refractivity (Wildman–Crippen MR) is 130 cm³/mol. The second kappa shape index (κ2) is 11.5. The van der Waals surface area contributed by atoms with Crippen LogP contribution in [0.2, 0.25) is 5.02 Å². The summed E-state index contributed by atoms with van der Waals surface area (Å²) in [5.41, 5.74) is 0.567. The van der Waals surface area contributed by atoms with E-state index in [9.17, 15) is 13.8 Å². The number of esters is 1. The third-order valence-electron chi connectivity index (χ3n) is 5.21. The number of halogens is 1. The average molecular weight is 510 g/mol. The number of benzene rings is 1. The van der Waals surface area contributed by atoms with Crippen molar-refractivity contribution in [1.82, 2.24) is 9.78 Å². The van der Waals surface area contributed by atoms with Crippen molar-refractivity contribution in [2.45, 2.75) is 26.2 Å². The highest BCUT2D eigenvalue weighted by molar-refractivity contribution is 7.93. The molecule has 0 bridgehead atoms. The molecule has 0 N–H and O–H groups in total. The Morgan fingerprint density at radius 1 is 1.24 bits per heavy atom. The van der Waals surface area contributed by atoms with E-state index >= 15 is 0 Å². The molecule has 1 fully saturated rings. The van der Waals surface area contributed by atoms with Crippen molar-refractivity contribution in [3.63, 3.8) is 0 Å². The number of rotatable bonds is 9. The predicted octanol–water partition coefficient (Wildman–Crippen LogP) is 4.09. The van der Waals surface area contributed by atoms with E-state index in [1.165, 1.54) is 36.2 Å². The highest BCUT2D eigenvalue weighted by Gasteiger charge is 2.25. The standard InChI is InChI=1S/C23H28ClN3O6S/c1-4-32-19(28)9-8-12-33-23-17(15-25-27(23)2)22(29)16-10-11-18(31-3)21(20(16)24)26-34(30)13-6-5-7-14-34/h8-11,15H,4-7,12-14H2,1-3H3/b9-8+. The van der Waals surface area contributed by atoms with Crippen LogP contribution in [-0.4, -0.2) is 57.6 Å². The smallest absolute Gasteiger partial charge is 0.330 e. The Bertz CT molecular complexity index is 1200. The monoisotopic (exact) mass is 509 g/mol. The number of ether oxygens (including phenoxy) is 3. The van der Waals surface area contributed by atoms with Crippen LogP contribution in [0.4, 0.5) is 5.69 Å². The molecule has 1 aromatic carbocycles. The molecule has 11 heteroatoms. The summed E-state index contributed by atoms with van der Waals surface area (Å²) in [6, 6.07) is 3.12. The minimum atomic E-state index is -2.47. The molecule has 2 aromatic rings. The van der Waals surface area contributed by atoms with Gasteiger partial charge < -0.3 is 14.2 Å². The summed E-state index contributed by atoms with van der Waals surface area (Å²) in [5.74, 6) is 0.628. The largest absolute Gasteiger partial charge is 0.494 e. The Hall–Kier alpha value is -2.85. The van der Waals surface area contributed by atoms with E-state index in [1.54, 1.807) is 20.0 Å². The van der Waals surface area contributed by atoms with Gasteiger partial charge in [-0.25, -0.2) is 13.7 Å². The third kappa shape index (κ3) is 5.98. The maximum atomic E-state index is 13.4. The molecule has 0 saturated carbocycles. The van der Waals surface area contributed by atoms with Gasteiger partial charge in [0, 0.05) is 30.2 Å². The number of hydrogen-bond donors (Lipinski definition) is 0. The van der Waals surface area contributed by atoms with Gasteiger partial charge in [0.1, 0.15) is 23.6 Å². The quantitative estimate of drug-likeness (QED) is 0.284. The molecule has 1 saturated heterocycles. The van der Waals surface area contributed by atoms with Gasteiger partial charge in [0.25, 0.3) is 0 Å². The van der Waals surface area contributed by atoms with E-state index in [2.05, 4.69) is 9.46 Å². The SMILES string of the molecule is CCOC(=O)/C=C/COc1c(C(=O)c2ccc(OC)c(N=S3(=O)CCCCC3)c2Cl)cnn1C. The molecule has 3 rings (SSSR count). The number of carbonyl (C=O) groups is 2. The molecule has 1 aliphatic rings. The molecule has 0 atom stereocenters. The van der Waals surface area contributed by atoms with Crippen molar-refractivity contribution in [3.8, 4) is 11.6 Å². The molecule has 0 aliphatic carbocycles. The molecule has 34 heavy (non-hydrogen) atoms. The van der Waals surface area contributed by atoms with Crippen molar-refractivity contribution < 1.29 is 28.0 Å². The maximum absolute atomic E-state index is 13.4. The van der Waals surface area contributed by atoms with E-state index in [0.717, 1.165) is 19.3 Å². The van der Waals surface area contributed by atoms with Crippen LogP contribution in [0.1, 0.15) is 42.1 Å². The molecule has 1 aliphatic heterocycles. The van der Waals surface area contributed by atoms with Gasteiger partial charge in [-0.1, -0.05) is 18.0 Å². The van der Waals surface area contributed by atoms with E-state index in [4.69, 9.17) is 25.8 Å². The van der Waals surface area contributed by atoms with Crippen LogP contribution in [0, 0.1) is 0 Å². The highest BCUT2D eigenvalue weighted by atomic mass is 35.5. The fourth-order valence-corrected chi connectivity index (χ4v) is 6.07. The summed E-state index contributed by atoms with van der Waals surface area (Å²) < 4.78 is 35.0. The fourth-order valence-electron chi connectivity index (χ4n) is 3.52. The summed E-state index contributed by atoms with van der Waals surface area (Å²) in [5, 5.41) is 4.18. The van der Waals surface area contributed by atoms with Gasteiger partial charge in [0.05, 0.1) is 34.7 Å². The first-order valence-corrected chi connectivity index (χ1v) is 13.1. The Morgan fingerprint density at radius 3 is 2.65 bits per heavy atom. The second-order valence-electron chi connectivity index (χ2n) is 7.59. The van der Waals surface area contributed by atoms with Gasteiger partial charge in [-0.05, 0) is 38.0 Å². The summed E-state index contributed by atoms with van der Waals surface area (Å²) in [6.45, 7) is 2.01. The minimum Gasteiger partial charge on any atom is -0.494 e. The van der Waals surface area contributed by atoms with Crippen molar-refractivity contribution in [3.05, 3.63) is 46.6 Å². The van der Waals surface area contributed by atoms with E-state index in [1.807, 2.05) is 0 Å². The van der Waals surface area contributed by atoms with Gasteiger partial charge >= 0.3 is 5.97 Å². The lowest BCUT2D eigenvalue weighted by Crippen LogP contribution is -2.16. The Balaban J connectivity index is 1.92. The molecular weight excluding hydrogens is 482 g/mol. The lowest BCUT2D eigenvalue weighted by Gasteiger charge is -2.17. The maximum Gasteiger partial charge on any atom is 0.330 e. The topological polar surface area (TPSA) is 109 Å². The molecule has 0 radical (unpaired) electrons. The number of aryl methyl sites for hydroxylation is 1. The van der Waals surface area contributed by atoms with Crippen molar-refractivity contribution in [2.75, 3.05) is 31.8 Å². The number of methoxy groups -OCH3 is 1. The summed E-state index contributed by atoms with van der Waals surface area (Å²) in [6.07, 6.45) is 6.81. The summed E-state index contributed by atoms with van der Waals surface area (Å²) >= 11 is 6.62. The fraction of sp³-hybridized carbons (Fsp3) is 0.435. The number of hydrogen-bond acceptors (Lipinski definition) is 8. The Morgan fingerprint density at radius 2 is 1.97 bits per heavy atom. The van der Waals surface area contributed by atoms with Gasteiger partial charge in [0.15, 0.2) is 0 Å². The molecule has 9 nitrogen and oxygen atoms in total. The highest BCUT2D eigenvalue weighted by Crippen LogP contribution is 2.40. The first kappa shape index (κ1) is 25.8. The molecule has 2 heterocycles. The Kier molecular flexibility index (Phi) is 8.73. The number of nitrogens with zero attached hydrogens (tertiary/aromatic N) is 3. The molecule has 0 amide bonds. The van der Waals surface area contributed by atoms with Crippen LogP contribution < -0.4 is 9.47 Å². The van der Waals surface area contributed by atoms with Gasteiger partial charge in [0.2, 0.25) is 11.7 Å². The minimum absolute atomic E-state index is 0.0254. The van der Waals surface area contributed by atoms with Crippen LogP contribution in [-0.2, 0) is 26.3 Å². The van der Waals surface area contributed by atoms with Gasteiger partial charge in [-0.15, -0.1) is 0 Å². The van der Waals surface area contributed by atoms with Crippen LogP contribution in [0.25, 0.3) is 0 Å². The summed E-state index contributed by atoms with van der Waals surface area (Å²) in [4.78, 5) is 24.8. The molecule has 0 unspecified atom stereocenters. The van der Waals surface area contributed by atoms with Gasteiger partial charge in [-0.2, -0.15) is 9.46 Å². The van der Waals surface area contributed by atoms with E-state index in [-0.39, 0.29) is 40.9 Å². The molecule has 1 aromatic heterocycles. The Labute approximate surface area is 204 Å². The van der Waals surface area contributed by atoms with Crippen molar-refractivity contribution >= 4 is 38.8 Å². The first-order chi connectivity index (χ1) is 16.3. The van der Waals surface area contributed by atoms with Crippen LogP contribution in [0.3, 0.4) is 0 Å². The third-order valence-corrected chi connectivity index (χ3v) is 7.96. The number of aromatic nitrogens is 2. The van der Waals surface area contributed by atoms with E-state index in [0.29, 0.717) is 17.3 Å². The average Bonchev–Trinajstić information content (AvgIpc) is 3.18. The number of ketones is 1. The first-order valence-electron chi connectivity index (χ1n) is 10.9. The van der Waals surface area contributed by atoms with Crippen LogP contribution >= 0.6 is 11.6 Å². The van der Waals surface area contributed by atoms with Gasteiger partial charge in [-0.3, -0.25) is 4.79 Å². The lowest BCUT2D eigenvalue weighted by atomic mass is 10.0. The number of carbonyl (C=O) groups excluding carboxylic acids is 2. The zero-order chi connectivity index (χ0) is 24.7. The van der Waals surface area contributed by atoms with Crippen LogP contribution in [0.5, 0.6) is 11.6 Å².